The van der Waals surface area contributed by atoms with Crippen molar-refractivity contribution in [2.75, 3.05) is 0 Å². The molecule has 0 atom stereocenters. The maximum atomic E-state index is 12.2. The van der Waals surface area contributed by atoms with Gasteiger partial charge in [0.2, 0.25) is 0 Å². The second-order valence-electron chi connectivity index (χ2n) is 5.51. The number of aromatic amines is 2. The van der Waals surface area contributed by atoms with Gasteiger partial charge in [0.05, 0.1) is 11.3 Å². The van der Waals surface area contributed by atoms with Crippen molar-refractivity contribution in [2.45, 2.75) is 6.42 Å². The van der Waals surface area contributed by atoms with Gasteiger partial charge in [-0.2, -0.15) is 0 Å². The fourth-order valence-corrected chi connectivity index (χ4v) is 2.81. The predicted octanol–water partition coefficient (Wildman–Crippen LogP) is 3.55. The molecule has 0 unspecified atom stereocenters. The maximum absolute atomic E-state index is 12.2. The molecule has 0 saturated carbocycles. The molecule has 0 radical (unpaired) electrons. The fourth-order valence-electron chi connectivity index (χ4n) is 2.81. The van der Waals surface area contributed by atoms with Crippen molar-refractivity contribution in [3.8, 4) is 0 Å². The third-order valence-corrected chi connectivity index (χ3v) is 3.98. The summed E-state index contributed by atoms with van der Waals surface area (Å²) in [5.41, 5.74) is 5.54. The SMILES string of the molecule is O=c1[nH][nH]c(Cc2ccccc2)c1/C=C1/C=Nc2ccccc21. The molecule has 2 aromatic carbocycles. The van der Waals surface area contributed by atoms with Crippen LogP contribution in [0.4, 0.5) is 5.69 Å². The highest BCUT2D eigenvalue weighted by molar-refractivity contribution is 6.21. The molecule has 4 heteroatoms. The van der Waals surface area contributed by atoms with E-state index in [0.717, 1.165) is 28.1 Å². The lowest BCUT2D eigenvalue weighted by molar-refractivity contribution is 0.982. The molecule has 1 aliphatic rings. The van der Waals surface area contributed by atoms with E-state index in [-0.39, 0.29) is 5.56 Å². The Bertz CT molecular complexity index is 962. The molecule has 0 spiro atoms. The molecule has 0 bridgehead atoms. The van der Waals surface area contributed by atoms with Crippen molar-refractivity contribution in [3.63, 3.8) is 0 Å². The molecule has 2 heterocycles. The normalized spacial score (nSPS) is 14.3. The molecule has 23 heavy (non-hydrogen) atoms. The van der Waals surface area contributed by atoms with E-state index in [2.05, 4.69) is 27.3 Å². The van der Waals surface area contributed by atoms with Crippen molar-refractivity contribution in [1.29, 1.82) is 0 Å². The Morgan fingerprint density at radius 1 is 0.957 bits per heavy atom. The number of para-hydroxylation sites is 1. The van der Waals surface area contributed by atoms with Gasteiger partial charge < -0.3 is 5.10 Å². The third kappa shape index (κ3) is 2.55. The molecule has 112 valence electrons. The number of allylic oxidation sites excluding steroid dienone is 1. The van der Waals surface area contributed by atoms with Crippen LogP contribution in [0.25, 0.3) is 11.6 Å². The summed E-state index contributed by atoms with van der Waals surface area (Å²) in [5.74, 6) is 0. The van der Waals surface area contributed by atoms with Gasteiger partial charge in [0.1, 0.15) is 0 Å². The highest BCUT2D eigenvalue weighted by atomic mass is 16.1. The molecule has 1 aliphatic heterocycles. The van der Waals surface area contributed by atoms with E-state index >= 15 is 0 Å². The van der Waals surface area contributed by atoms with Crippen LogP contribution in [-0.2, 0) is 6.42 Å². The fraction of sp³-hybridized carbons (Fsp3) is 0.0526. The topological polar surface area (TPSA) is 61.0 Å². The van der Waals surface area contributed by atoms with Crippen LogP contribution < -0.4 is 5.56 Å². The van der Waals surface area contributed by atoms with Gasteiger partial charge >= 0.3 is 0 Å². The number of nitrogens with one attached hydrogen (secondary N) is 2. The van der Waals surface area contributed by atoms with Crippen molar-refractivity contribution in [3.05, 3.63) is 87.3 Å². The zero-order valence-corrected chi connectivity index (χ0v) is 12.4. The molecular weight excluding hydrogens is 286 g/mol. The zero-order valence-electron chi connectivity index (χ0n) is 12.4. The highest BCUT2D eigenvalue weighted by Gasteiger charge is 2.14. The molecule has 4 rings (SSSR count). The van der Waals surface area contributed by atoms with Crippen LogP contribution in [0.15, 0.2) is 64.4 Å². The highest BCUT2D eigenvalue weighted by Crippen LogP contribution is 2.32. The molecule has 4 nitrogen and oxygen atoms in total. The standard InChI is InChI=1S/C19H15N3O/c23-19-16(11-14-12-20-17-9-5-4-8-15(14)17)18(21-22-19)10-13-6-2-1-3-7-13/h1-9,11-12H,10H2,(H2,21,22,23)/b14-11-. The Morgan fingerprint density at radius 2 is 1.74 bits per heavy atom. The lowest BCUT2D eigenvalue weighted by atomic mass is 10.0. The van der Waals surface area contributed by atoms with Gasteiger partial charge in [0.15, 0.2) is 0 Å². The maximum Gasteiger partial charge on any atom is 0.271 e. The number of rotatable bonds is 3. The van der Waals surface area contributed by atoms with Crippen LogP contribution >= 0.6 is 0 Å². The van der Waals surface area contributed by atoms with Gasteiger partial charge in [-0.15, -0.1) is 0 Å². The molecule has 0 aliphatic carbocycles. The number of aromatic nitrogens is 2. The summed E-state index contributed by atoms with van der Waals surface area (Å²) in [6, 6.07) is 18.0. The first-order valence-electron chi connectivity index (χ1n) is 7.50. The number of aliphatic imine (C=N–C) groups is 1. The molecule has 0 amide bonds. The molecule has 0 fully saturated rings. The van der Waals surface area contributed by atoms with Crippen LogP contribution in [0.3, 0.4) is 0 Å². The van der Waals surface area contributed by atoms with Gasteiger partial charge in [0.25, 0.3) is 5.56 Å². The van der Waals surface area contributed by atoms with Crippen molar-refractivity contribution in [2.24, 2.45) is 4.99 Å². The van der Waals surface area contributed by atoms with E-state index in [1.165, 1.54) is 0 Å². The van der Waals surface area contributed by atoms with Crippen LogP contribution in [0.5, 0.6) is 0 Å². The average molecular weight is 301 g/mol. The molecular formula is C19H15N3O. The number of nitrogens with zero attached hydrogens (tertiary/aromatic N) is 1. The summed E-state index contributed by atoms with van der Waals surface area (Å²) >= 11 is 0. The summed E-state index contributed by atoms with van der Waals surface area (Å²) < 4.78 is 0. The van der Waals surface area contributed by atoms with E-state index in [9.17, 15) is 4.79 Å². The number of benzene rings is 2. The second-order valence-corrected chi connectivity index (χ2v) is 5.51. The van der Waals surface area contributed by atoms with E-state index in [1.807, 2.05) is 54.8 Å². The number of fused-ring (bicyclic) bond motifs is 1. The van der Waals surface area contributed by atoms with Gasteiger partial charge in [-0.05, 0) is 17.7 Å². The Hall–Kier alpha value is -3.14. The largest absolute Gasteiger partial charge is 0.301 e. The second kappa shape index (κ2) is 5.57. The van der Waals surface area contributed by atoms with Gasteiger partial charge in [-0.1, -0.05) is 48.5 Å². The summed E-state index contributed by atoms with van der Waals surface area (Å²) in [4.78, 5) is 16.5. The van der Waals surface area contributed by atoms with E-state index < -0.39 is 0 Å². The Balaban J connectivity index is 1.74. The van der Waals surface area contributed by atoms with Gasteiger partial charge in [0, 0.05) is 29.5 Å². The quantitative estimate of drug-likeness (QED) is 0.763. The van der Waals surface area contributed by atoms with E-state index in [0.29, 0.717) is 12.0 Å². The lowest BCUT2D eigenvalue weighted by Gasteiger charge is -2.01. The summed E-state index contributed by atoms with van der Waals surface area (Å²) in [6.07, 6.45) is 4.39. The molecule has 3 aromatic rings. The Kier molecular flexibility index (Phi) is 3.27. The minimum Gasteiger partial charge on any atom is -0.301 e. The lowest BCUT2D eigenvalue weighted by Crippen LogP contribution is -2.03. The Morgan fingerprint density at radius 3 is 2.61 bits per heavy atom. The van der Waals surface area contributed by atoms with Crippen LogP contribution in [0.1, 0.15) is 22.4 Å². The molecule has 0 saturated heterocycles. The molecule has 1 aromatic heterocycles. The zero-order chi connectivity index (χ0) is 15.6. The number of hydrogen-bond acceptors (Lipinski definition) is 2. The Labute approximate surface area is 133 Å². The van der Waals surface area contributed by atoms with Gasteiger partial charge in [-0.3, -0.25) is 14.9 Å². The first kappa shape index (κ1) is 13.5. The summed E-state index contributed by atoms with van der Waals surface area (Å²) in [5, 5.41) is 5.68. The monoisotopic (exact) mass is 301 g/mol. The third-order valence-electron chi connectivity index (χ3n) is 3.98. The van der Waals surface area contributed by atoms with Crippen LogP contribution in [0.2, 0.25) is 0 Å². The summed E-state index contributed by atoms with van der Waals surface area (Å²) in [6.45, 7) is 0. The minimum atomic E-state index is -0.110. The predicted molar refractivity (Wildman–Crippen MR) is 93.1 cm³/mol. The average Bonchev–Trinajstić information content (AvgIpc) is 3.15. The van der Waals surface area contributed by atoms with Gasteiger partial charge in [-0.25, -0.2) is 0 Å². The van der Waals surface area contributed by atoms with Crippen LogP contribution in [-0.4, -0.2) is 16.4 Å². The van der Waals surface area contributed by atoms with E-state index in [4.69, 9.17) is 0 Å². The van der Waals surface area contributed by atoms with Crippen LogP contribution in [0, 0.1) is 0 Å². The first-order valence-corrected chi connectivity index (χ1v) is 7.50. The van der Waals surface area contributed by atoms with Crippen molar-refractivity contribution >= 4 is 23.6 Å². The van der Waals surface area contributed by atoms with Crippen molar-refractivity contribution < 1.29 is 0 Å². The number of H-pyrrole nitrogens is 2. The first-order chi connectivity index (χ1) is 11.3. The van der Waals surface area contributed by atoms with E-state index in [1.54, 1.807) is 0 Å². The number of hydrogen-bond donors (Lipinski definition) is 2. The summed E-state index contributed by atoms with van der Waals surface area (Å²) in [7, 11) is 0. The van der Waals surface area contributed by atoms with Crippen molar-refractivity contribution in [1.82, 2.24) is 10.2 Å². The smallest absolute Gasteiger partial charge is 0.271 e. The molecule has 2 N–H and O–H groups in total. The minimum absolute atomic E-state index is 0.110.